The van der Waals surface area contributed by atoms with E-state index in [1.165, 1.54) is 0 Å². The molecule has 2 rings (SSSR count). The van der Waals surface area contributed by atoms with E-state index in [9.17, 15) is 4.79 Å². The number of phenolic OH excluding ortho intramolecular Hbond substituents is 1. The fourth-order valence-corrected chi connectivity index (χ4v) is 1.99. The van der Waals surface area contributed by atoms with Gasteiger partial charge in [-0.3, -0.25) is 4.79 Å². The third-order valence-corrected chi connectivity index (χ3v) is 2.99. The Morgan fingerprint density at radius 1 is 0.850 bits per heavy atom. The predicted molar refractivity (Wildman–Crippen MR) is 87.4 cm³/mol. The van der Waals surface area contributed by atoms with Crippen LogP contribution in [0.15, 0.2) is 59.5 Å². The minimum Gasteiger partial charge on any atom is -0.508 e. The van der Waals surface area contributed by atoms with Crippen LogP contribution in [0.5, 0.6) is 5.75 Å². The summed E-state index contributed by atoms with van der Waals surface area (Å²) in [5, 5.41) is 9.12. The molecule has 2 nitrogen and oxygen atoms in total. The molecule has 0 spiro atoms. The molecule has 0 atom stereocenters. The summed E-state index contributed by atoms with van der Waals surface area (Å²) in [5.74, 6) is 0.205. The Morgan fingerprint density at radius 2 is 1.35 bits per heavy atom. The van der Waals surface area contributed by atoms with Crippen molar-refractivity contribution in [3.05, 3.63) is 60.2 Å². The number of aromatic hydroxyl groups is 1. The van der Waals surface area contributed by atoms with E-state index in [2.05, 4.69) is 0 Å². The lowest BCUT2D eigenvalue weighted by molar-refractivity contribution is 0.108. The number of hydrogen-bond donors (Lipinski definition) is 1. The molecule has 0 aliphatic rings. The van der Waals surface area contributed by atoms with Gasteiger partial charge in [-0.1, -0.05) is 58.0 Å². The van der Waals surface area contributed by atoms with E-state index in [-0.39, 0.29) is 10.9 Å². The van der Waals surface area contributed by atoms with Crippen LogP contribution in [0.2, 0.25) is 0 Å². The fraction of sp³-hybridized carbons (Fsp3) is 0.235. The SMILES string of the molecule is CC.CC.O=C(Sc1ccc(O)cc1)c1ccccc1. The van der Waals surface area contributed by atoms with Gasteiger partial charge in [-0.25, -0.2) is 0 Å². The van der Waals surface area contributed by atoms with Gasteiger partial charge < -0.3 is 5.11 Å². The average molecular weight is 290 g/mol. The lowest BCUT2D eigenvalue weighted by atomic mass is 10.2. The monoisotopic (exact) mass is 290 g/mol. The van der Waals surface area contributed by atoms with E-state index < -0.39 is 0 Å². The lowest BCUT2D eigenvalue weighted by Crippen LogP contribution is -1.91. The summed E-state index contributed by atoms with van der Waals surface area (Å²) in [6, 6.07) is 15.7. The smallest absolute Gasteiger partial charge is 0.224 e. The molecule has 0 saturated heterocycles. The van der Waals surface area contributed by atoms with Crippen molar-refractivity contribution in [1.29, 1.82) is 0 Å². The van der Waals surface area contributed by atoms with Crippen molar-refractivity contribution in [2.24, 2.45) is 0 Å². The number of thioether (sulfide) groups is 1. The topological polar surface area (TPSA) is 37.3 Å². The van der Waals surface area contributed by atoms with Crippen LogP contribution in [0, 0.1) is 0 Å². The molecule has 0 fully saturated rings. The number of carbonyl (C=O) groups excluding carboxylic acids is 1. The van der Waals surface area contributed by atoms with Crippen LogP contribution in [-0.2, 0) is 0 Å². The van der Waals surface area contributed by atoms with Crippen LogP contribution < -0.4 is 0 Å². The molecule has 0 bridgehead atoms. The van der Waals surface area contributed by atoms with E-state index >= 15 is 0 Å². The second kappa shape index (κ2) is 11.1. The first-order valence-corrected chi connectivity index (χ1v) is 7.63. The maximum Gasteiger partial charge on any atom is 0.224 e. The Kier molecular flexibility index (Phi) is 10.2. The van der Waals surface area contributed by atoms with Crippen LogP contribution >= 0.6 is 11.8 Å². The Balaban J connectivity index is 0.000000829. The highest BCUT2D eigenvalue weighted by atomic mass is 32.2. The summed E-state index contributed by atoms with van der Waals surface area (Å²) >= 11 is 1.16. The summed E-state index contributed by atoms with van der Waals surface area (Å²) in [4.78, 5) is 12.6. The quantitative estimate of drug-likeness (QED) is 0.755. The van der Waals surface area contributed by atoms with Crippen molar-refractivity contribution in [1.82, 2.24) is 0 Å². The van der Waals surface area contributed by atoms with Crippen molar-refractivity contribution in [2.45, 2.75) is 32.6 Å². The number of benzene rings is 2. The zero-order valence-corrected chi connectivity index (χ0v) is 13.3. The lowest BCUT2D eigenvalue weighted by Gasteiger charge is -2.00. The highest BCUT2D eigenvalue weighted by molar-refractivity contribution is 8.14. The molecule has 0 radical (unpaired) electrons. The molecule has 1 N–H and O–H groups in total. The van der Waals surface area contributed by atoms with Crippen LogP contribution in [-0.4, -0.2) is 10.2 Å². The average Bonchev–Trinajstić information content (AvgIpc) is 2.54. The summed E-state index contributed by atoms with van der Waals surface area (Å²) in [6.07, 6.45) is 0. The predicted octanol–water partition coefficient (Wildman–Crippen LogP) is 5.38. The zero-order chi connectivity index (χ0) is 15.4. The molecule has 0 saturated carbocycles. The number of phenols is 1. The van der Waals surface area contributed by atoms with E-state index in [4.69, 9.17) is 5.11 Å². The van der Waals surface area contributed by atoms with Gasteiger partial charge in [0.05, 0.1) is 0 Å². The van der Waals surface area contributed by atoms with Crippen LogP contribution in [0.25, 0.3) is 0 Å². The van der Waals surface area contributed by atoms with Gasteiger partial charge in [0, 0.05) is 10.5 Å². The molecule has 0 heterocycles. The van der Waals surface area contributed by atoms with Gasteiger partial charge in [-0.05, 0) is 36.0 Å². The first kappa shape index (κ1) is 18.3. The first-order valence-electron chi connectivity index (χ1n) is 6.82. The Hall–Kier alpha value is -1.74. The maximum atomic E-state index is 11.8. The van der Waals surface area contributed by atoms with Gasteiger partial charge in [-0.2, -0.15) is 0 Å². The van der Waals surface area contributed by atoms with E-state index in [0.29, 0.717) is 5.56 Å². The third kappa shape index (κ3) is 6.43. The molecule has 20 heavy (non-hydrogen) atoms. The minimum atomic E-state index is 0.00582. The van der Waals surface area contributed by atoms with Gasteiger partial charge in [0.25, 0.3) is 0 Å². The van der Waals surface area contributed by atoms with Crippen LogP contribution in [0.3, 0.4) is 0 Å². The normalized spacial score (nSPS) is 8.60. The van der Waals surface area contributed by atoms with Crippen LogP contribution in [0.1, 0.15) is 38.1 Å². The molecule has 108 valence electrons. The highest BCUT2D eigenvalue weighted by Gasteiger charge is 2.06. The Bertz CT molecular complexity index is 478. The Morgan fingerprint density at radius 3 is 1.85 bits per heavy atom. The molecule has 2 aromatic carbocycles. The molecule has 0 unspecified atom stereocenters. The summed E-state index contributed by atoms with van der Waals surface area (Å²) in [7, 11) is 0. The summed E-state index contributed by atoms with van der Waals surface area (Å²) in [5.41, 5.74) is 0.681. The number of hydrogen-bond acceptors (Lipinski definition) is 3. The third-order valence-electron chi connectivity index (χ3n) is 2.06. The molecular formula is C17H22O2S. The summed E-state index contributed by atoms with van der Waals surface area (Å²) < 4.78 is 0. The van der Waals surface area contributed by atoms with E-state index in [0.717, 1.165) is 16.7 Å². The highest BCUT2D eigenvalue weighted by Crippen LogP contribution is 2.24. The van der Waals surface area contributed by atoms with Crippen molar-refractivity contribution in [3.63, 3.8) is 0 Å². The van der Waals surface area contributed by atoms with Gasteiger partial charge in [0.15, 0.2) is 0 Å². The van der Waals surface area contributed by atoms with E-state index in [1.807, 2.05) is 45.9 Å². The Labute approximate surface area is 125 Å². The molecule has 3 heteroatoms. The van der Waals surface area contributed by atoms with Gasteiger partial charge in [0.1, 0.15) is 5.75 Å². The molecule has 0 amide bonds. The maximum absolute atomic E-state index is 11.8. The molecule has 0 aliphatic heterocycles. The van der Waals surface area contributed by atoms with Crippen molar-refractivity contribution in [3.8, 4) is 5.75 Å². The molecular weight excluding hydrogens is 268 g/mol. The van der Waals surface area contributed by atoms with E-state index in [1.54, 1.807) is 36.4 Å². The fourth-order valence-electron chi connectivity index (χ4n) is 1.25. The van der Waals surface area contributed by atoms with Crippen molar-refractivity contribution < 1.29 is 9.90 Å². The molecule has 2 aromatic rings. The number of rotatable bonds is 2. The second-order valence-corrected chi connectivity index (χ2v) is 4.30. The molecule has 0 aromatic heterocycles. The zero-order valence-electron chi connectivity index (χ0n) is 12.5. The summed E-state index contributed by atoms with van der Waals surface area (Å²) in [6.45, 7) is 8.00. The standard InChI is InChI=1S/C13H10O2S.2C2H6/c14-11-6-8-12(9-7-11)16-13(15)10-4-2-1-3-5-10;2*1-2/h1-9,14H;2*1-2H3. The van der Waals surface area contributed by atoms with Crippen molar-refractivity contribution >= 4 is 16.9 Å². The minimum absolute atomic E-state index is 0.00582. The van der Waals surface area contributed by atoms with Gasteiger partial charge in [0.2, 0.25) is 5.12 Å². The van der Waals surface area contributed by atoms with Crippen molar-refractivity contribution in [2.75, 3.05) is 0 Å². The van der Waals surface area contributed by atoms with Crippen LogP contribution in [0.4, 0.5) is 0 Å². The molecule has 0 aliphatic carbocycles. The first-order chi connectivity index (χ1) is 9.75. The number of carbonyl (C=O) groups is 1. The van der Waals surface area contributed by atoms with Gasteiger partial charge in [-0.15, -0.1) is 0 Å². The largest absolute Gasteiger partial charge is 0.508 e. The van der Waals surface area contributed by atoms with Gasteiger partial charge >= 0.3 is 0 Å². The second-order valence-electron chi connectivity index (χ2n) is 3.25.